The average molecular weight is 254 g/mol. The molecule has 1 aliphatic rings. The number of nitrogens with one attached hydrogen (secondary N) is 2. The van der Waals surface area contributed by atoms with E-state index in [2.05, 4.69) is 22.8 Å². The highest BCUT2D eigenvalue weighted by atomic mass is 16.1. The second kappa shape index (κ2) is 5.41. The lowest BCUT2D eigenvalue weighted by atomic mass is 10.1. The molecule has 3 nitrogen and oxygen atoms in total. The normalized spacial score (nSPS) is 14.5. The van der Waals surface area contributed by atoms with Crippen LogP contribution in [0.3, 0.4) is 0 Å². The lowest BCUT2D eigenvalue weighted by Crippen LogP contribution is -2.29. The van der Waals surface area contributed by atoms with Gasteiger partial charge in [-0.25, -0.2) is 0 Å². The van der Waals surface area contributed by atoms with Gasteiger partial charge in [0.2, 0.25) is 5.91 Å². The van der Waals surface area contributed by atoms with Crippen molar-refractivity contribution in [3.63, 3.8) is 0 Å². The van der Waals surface area contributed by atoms with Crippen molar-refractivity contribution in [2.24, 2.45) is 5.92 Å². The van der Waals surface area contributed by atoms with E-state index in [1.54, 1.807) is 0 Å². The molecule has 98 valence electrons. The van der Waals surface area contributed by atoms with Crippen molar-refractivity contribution < 1.29 is 4.79 Å². The molecular formula is C16H18N2O. The number of fused-ring (bicyclic) bond motifs is 1. The van der Waals surface area contributed by atoms with Gasteiger partial charge in [0.1, 0.15) is 0 Å². The summed E-state index contributed by atoms with van der Waals surface area (Å²) < 4.78 is 0. The number of anilines is 1. The smallest absolute Gasteiger partial charge is 0.238 e. The minimum Gasteiger partial charge on any atom is -0.324 e. The van der Waals surface area contributed by atoms with Crippen LogP contribution in [0.1, 0.15) is 12.8 Å². The van der Waals surface area contributed by atoms with Crippen LogP contribution in [0, 0.1) is 5.92 Å². The van der Waals surface area contributed by atoms with Crippen molar-refractivity contribution in [3.8, 4) is 0 Å². The SMILES string of the molecule is O=C(CNCC1CC1)Nc1cccc2ccccc12. The average Bonchev–Trinajstić information content (AvgIpc) is 3.23. The summed E-state index contributed by atoms with van der Waals surface area (Å²) in [4.78, 5) is 11.9. The van der Waals surface area contributed by atoms with Crippen LogP contribution in [-0.4, -0.2) is 19.0 Å². The Balaban J connectivity index is 1.64. The molecule has 0 bridgehead atoms. The first-order valence-electron chi connectivity index (χ1n) is 6.81. The molecule has 0 spiro atoms. The summed E-state index contributed by atoms with van der Waals surface area (Å²) in [6, 6.07) is 14.0. The first-order chi connectivity index (χ1) is 9.33. The summed E-state index contributed by atoms with van der Waals surface area (Å²) in [6.45, 7) is 1.35. The van der Waals surface area contributed by atoms with Crippen molar-refractivity contribution in [2.45, 2.75) is 12.8 Å². The number of hydrogen-bond donors (Lipinski definition) is 2. The Morgan fingerprint density at radius 1 is 1.11 bits per heavy atom. The molecule has 0 unspecified atom stereocenters. The van der Waals surface area contributed by atoms with Gasteiger partial charge in [0, 0.05) is 11.1 Å². The number of carbonyl (C=O) groups excluding carboxylic acids is 1. The van der Waals surface area contributed by atoms with Crippen LogP contribution in [0.2, 0.25) is 0 Å². The van der Waals surface area contributed by atoms with Crippen LogP contribution in [0.5, 0.6) is 0 Å². The number of carbonyl (C=O) groups is 1. The van der Waals surface area contributed by atoms with Gasteiger partial charge in [-0.1, -0.05) is 36.4 Å². The van der Waals surface area contributed by atoms with Gasteiger partial charge >= 0.3 is 0 Å². The Labute approximate surface area is 113 Å². The molecule has 0 atom stereocenters. The highest BCUT2D eigenvalue weighted by Gasteiger charge is 2.20. The molecule has 0 heterocycles. The Morgan fingerprint density at radius 2 is 1.89 bits per heavy atom. The third-order valence-electron chi connectivity index (χ3n) is 3.48. The van der Waals surface area contributed by atoms with E-state index in [9.17, 15) is 4.79 Å². The lowest BCUT2D eigenvalue weighted by Gasteiger charge is -2.09. The van der Waals surface area contributed by atoms with Gasteiger partial charge in [0.15, 0.2) is 0 Å². The van der Waals surface area contributed by atoms with Crippen LogP contribution < -0.4 is 10.6 Å². The largest absolute Gasteiger partial charge is 0.324 e. The Bertz CT molecular complexity index is 585. The van der Waals surface area contributed by atoms with Crippen LogP contribution in [0.4, 0.5) is 5.69 Å². The molecule has 1 amide bonds. The number of hydrogen-bond acceptors (Lipinski definition) is 2. The maximum Gasteiger partial charge on any atom is 0.238 e. The van der Waals surface area contributed by atoms with Gasteiger partial charge in [-0.2, -0.15) is 0 Å². The topological polar surface area (TPSA) is 41.1 Å². The van der Waals surface area contributed by atoms with Crippen molar-refractivity contribution in [1.29, 1.82) is 0 Å². The van der Waals surface area contributed by atoms with E-state index in [1.807, 2.05) is 30.3 Å². The van der Waals surface area contributed by atoms with Gasteiger partial charge in [-0.3, -0.25) is 4.79 Å². The van der Waals surface area contributed by atoms with Gasteiger partial charge in [-0.15, -0.1) is 0 Å². The Kier molecular flexibility index (Phi) is 3.47. The van der Waals surface area contributed by atoms with E-state index in [0.29, 0.717) is 6.54 Å². The zero-order valence-corrected chi connectivity index (χ0v) is 10.9. The molecule has 2 N–H and O–H groups in total. The minimum atomic E-state index is 0.0250. The van der Waals surface area contributed by atoms with Crippen molar-refractivity contribution in [2.75, 3.05) is 18.4 Å². The van der Waals surface area contributed by atoms with E-state index >= 15 is 0 Å². The lowest BCUT2D eigenvalue weighted by molar-refractivity contribution is -0.115. The standard InChI is InChI=1S/C16H18N2O/c19-16(11-17-10-12-8-9-12)18-15-7-3-5-13-4-1-2-6-14(13)15/h1-7,12,17H,8-11H2,(H,18,19). The number of amides is 1. The van der Waals surface area contributed by atoms with Crippen LogP contribution in [-0.2, 0) is 4.79 Å². The van der Waals surface area contributed by atoms with E-state index in [1.165, 1.54) is 12.8 Å². The van der Waals surface area contributed by atoms with E-state index in [4.69, 9.17) is 0 Å². The number of benzene rings is 2. The molecule has 0 aliphatic heterocycles. The van der Waals surface area contributed by atoms with Crippen molar-refractivity contribution in [1.82, 2.24) is 5.32 Å². The highest BCUT2D eigenvalue weighted by Crippen LogP contribution is 2.27. The monoisotopic (exact) mass is 254 g/mol. The van der Waals surface area contributed by atoms with Gasteiger partial charge < -0.3 is 10.6 Å². The molecule has 2 aromatic rings. The maximum atomic E-state index is 11.9. The Morgan fingerprint density at radius 3 is 2.74 bits per heavy atom. The van der Waals surface area contributed by atoms with Gasteiger partial charge in [0.25, 0.3) is 0 Å². The van der Waals surface area contributed by atoms with Crippen molar-refractivity contribution in [3.05, 3.63) is 42.5 Å². The summed E-state index contributed by atoms with van der Waals surface area (Å²) in [5.74, 6) is 0.822. The molecule has 1 aliphatic carbocycles. The molecule has 2 aromatic carbocycles. The molecule has 3 heteroatoms. The maximum absolute atomic E-state index is 11.9. The summed E-state index contributed by atoms with van der Waals surface area (Å²) >= 11 is 0. The predicted octanol–water partition coefficient (Wildman–Crippen LogP) is 2.78. The molecule has 0 radical (unpaired) electrons. The second-order valence-corrected chi connectivity index (χ2v) is 5.15. The number of rotatable bonds is 5. The zero-order chi connectivity index (χ0) is 13.1. The second-order valence-electron chi connectivity index (χ2n) is 5.15. The minimum absolute atomic E-state index is 0.0250. The fourth-order valence-corrected chi connectivity index (χ4v) is 2.24. The van der Waals surface area contributed by atoms with E-state index in [-0.39, 0.29) is 5.91 Å². The molecule has 0 aromatic heterocycles. The fraction of sp³-hybridized carbons (Fsp3) is 0.312. The predicted molar refractivity (Wildman–Crippen MR) is 78.2 cm³/mol. The van der Waals surface area contributed by atoms with E-state index < -0.39 is 0 Å². The summed E-state index contributed by atoms with van der Waals surface area (Å²) in [6.07, 6.45) is 2.61. The van der Waals surface area contributed by atoms with Gasteiger partial charge in [0.05, 0.1) is 6.54 Å². The quantitative estimate of drug-likeness (QED) is 0.861. The van der Waals surface area contributed by atoms with Crippen LogP contribution in [0.25, 0.3) is 10.8 Å². The fourth-order valence-electron chi connectivity index (χ4n) is 2.24. The van der Waals surface area contributed by atoms with Crippen LogP contribution in [0.15, 0.2) is 42.5 Å². The van der Waals surface area contributed by atoms with Gasteiger partial charge in [-0.05, 0) is 36.8 Å². The summed E-state index contributed by atoms with van der Waals surface area (Å²) in [7, 11) is 0. The van der Waals surface area contributed by atoms with E-state index in [0.717, 1.165) is 28.9 Å². The highest BCUT2D eigenvalue weighted by molar-refractivity contribution is 6.02. The first-order valence-corrected chi connectivity index (χ1v) is 6.81. The third kappa shape index (κ3) is 3.12. The van der Waals surface area contributed by atoms with Crippen molar-refractivity contribution >= 4 is 22.4 Å². The summed E-state index contributed by atoms with van der Waals surface area (Å²) in [5, 5.41) is 8.41. The summed E-state index contributed by atoms with van der Waals surface area (Å²) in [5.41, 5.74) is 0.885. The Hall–Kier alpha value is -1.87. The molecule has 19 heavy (non-hydrogen) atoms. The van der Waals surface area contributed by atoms with Crippen LogP contribution >= 0.6 is 0 Å². The molecule has 1 fully saturated rings. The molecule has 1 saturated carbocycles. The zero-order valence-electron chi connectivity index (χ0n) is 10.9. The first kappa shape index (κ1) is 12.2. The molecule has 0 saturated heterocycles. The molecule has 3 rings (SSSR count). The molecular weight excluding hydrogens is 236 g/mol. The third-order valence-corrected chi connectivity index (χ3v) is 3.48.